The molecule has 0 aliphatic carbocycles. The van der Waals surface area contributed by atoms with Crippen molar-refractivity contribution in [1.29, 1.82) is 0 Å². The Balaban J connectivity index is 0.000000154. The second kappa shape index (κ2) is 11.5. The van der Waals surface area contributed by atoms with Gasteiger partial charge in [-0.15, -0.1) is 5.10 Å². The number of fused-ring (bicyclic) bond motifs is 2. The zero-order chi connectivity index (χ0) is 34.7. The van der Waals surface area contributed by atoms with Gasteiger partial charge in [-0.05, 0) is 75.9 Å². The molecule has 0 unspecified atom stereocenters. The molecule has 0 saturated heterocycles. The second-order valence-electron chi connectivity index (χ2n) is 13.2. The highest BCUT2D eigenvalue weighted by atomic mass is 16.2. The first-order valence-electron chi connectivity index (χ1n) is 15.8. The molecule has 0 bridgehead atoms. The largest absolute Gasteiger partial charge is 0.284 e. The summed E-state index contributed by atoms with van der Waals surface area (Å²) >= 11 is 0. The van der Waals surface area contributed by atoms with E-state index in [9.17, 15) is 9.59 Å². The van der Waals surface area contributed by atoms with Crippen LogP contribution in [-0.2, 0) is 27.5 Å². The minimum absolute atomic E-state index is 0.0361. The fraction of sp³-hybridized carbons (Fsp3) is 0.250. The van der Waals surface area contributed by atoms with Crippen LogP contribution in [0.3, 0.4) is 0 Å². The molecule has 0 spiro atoms. The van der Waals surface area contributed by atoms with Gasteiger partial charge in [0.15, 0.2) is 0 Å². The summed E-state index contributed by atoms with van der Waals surface area (Å²) in [5.74, 6) is 1.84. The van der Waals surface area contributed by atoms with Crippen molar-refractivity contribution in [3.63, 3.8) is 0 Å². The average molecular weight is 654 g/mol. The molecule has 6 aromatic rings. The van der Waals surface area contributed by atoms with Crippen LogP contribution in [0.25, 0.3) is 22.3 Å². The van der Waals surface area contributed by atoms with Crippen LogP contribution >= 0.6 is 0 Å². The minimum atomic E-state index is -0.628. The van der Waals surface area contributed by atoms with Gasteiger partial charge in [0.1, 0.15) is 18.0 Å². The SMILES string of the molecule is Cc1ncc(-c2ccc3c(c2)N(c2cn[nH]c2)C(=O)C3(C)C)cn1.Cc1ncc(-c2ccc3c(c2)N(c2ncn(C)n2)C(=O)C3(C)C)cn1. The normalized spacial score (nSPS) is 15.6. The lowest BCUT2D eigenvalue weighted by Crippen LogP contribution is -2.33. The van der Waals surface area contributed by atoms with Crippen LogP contribution in [0.4, 0.5) is 23.0 Å². The van der Waals surface area contributed by atoms with E-state index in [2.05, 4.69) is 40.2 Å². The number of anilines is 4. The molecule has 13 nitrogen and oxygen atoms in total. The number of nitrogens with one attached hydrogen (secondary N) is 1. The van der Waals surface area contributed by atoms with Gasteiger partial charge >= 0.3 is 0 Å². The highest BCUT2D eigenvalue weighted by Gasteiger charge is 2.46. The minimum Gasteiger partial charge on any atom is -0.284 e. The van der Waals surface area contributed by atoms with Gasteiger partial charge in [0.25, 0.3) is 5.95 Å². The Labute approximate surface area is 283 Å². The zero-order valence-electron chi connectivity index (χ0n) is 28.3. The van der Waals surface area contributed by atoms with Crippen LogP contribution in [0, 0.1) is 13.8 Å². The highest BCUT2D eigenvalue weighted by molar-refractivity contribution is 6.13. The Morgan fingerprint density at radius 1 is 0.633 bits per heavy atom. The van der Waals surface area contributed by atoms with Gasteiger partial charge in [0.05, 0.1) is 34.1 Å². The predicted octanol–water partition coefficient (Wildman–Crippen LogP) is 5.67. The summed E-state index contributed by atoms with van der Waals surface area (Å²) in [4.78, 5) is 50.5. The molecule has 0 atom stereocenters. The monoisotopic (exact) mass is 653 g/mol. The van der Waals surface area contributed by atoms with Crippen molar-refractivity contribution in [2.45, 2.75) is 52.4 Å². The van der Waals surface area contributed by atoms with Gasteiger partial charge in [0, 0.05) is 49.2 Å². The number of benzene rings is 2. The molecule has 49 heavy (non-hydrogen) atoms. The average Bonchev–Trinajstić information content (AvgIpc) is 3.84. The molecule has 2 aliphatic heterocycles. The number of H-pyrrole nitrogens is 1. The van der Waals surface area contributed by atoms with Crippen LogP contribution in [-0.4, -0.2) is 56.7 Å². The lowest BCUT2D eigenvalue weighted by atomic mass is 9.85. The molecule has 0 saturated carbocycles. The van der Waals surface area contributed by atoms with Crippen molar-refractivity contribution in [2.75, 3.05) is 9.80 Å². The van der Waals surface area contributed by atoms with E-state index in [1.54, 1.807) is 65.0 Å². The molecular weight excluding hydrogens is 618 g/mol. The van der Waals surface area contributed by atoms with E-state index in [4.69, 9.17) is 0 Å². The standard InChI is InChI=1S/C18H18N6O.C18H17N5O/c1-11-19-8-13(9-20-11)12-5-6-14-15(7-12)24(16(25)18(14,2)3)17-21-10-23(4)22-17;1-11-19-7-13(8-20-11)12-4-5-15-16(6-12)23(14-9-21-22-10-14)17(24)18(15,2)3/h5-10H,1-4H3;4-10H,1-3H3,(H,21,22). The van der Waals surface area contributed by atoms with Gasteiger partial charge in [-0.25, -0.2) is 24.8 Å². The molecule has 2 amide bonds. The maximum atomic E-state index is 13.0. The molecule has 8 rings (SSSR count). The van der Waals surface area contributed by atoms with Crippen molar-refractivity contribution >= 4 is 34.8 Å². The number of hydrogen-bond acceptors (Lipinski definition) is 9. The van der Waals surface area contributed by atoms with Crippen LogP contribution in [0.2, 0.25) is 0 Å². The fourth-order valence-corrected chi connectivity index (χ4v) is 6.19. The maximum Gasteiger partial charge on any atom is 0.256 e. The van der Waals surface area contributed by atoms with Gasteiger partial charge in [-0.2, -0.15) is 10.1 Å². The van der Waals surface area contributed by atoms with Gasteiger partial charge in [-0.1, -0.05) is 24.3 Å². The Morgan fingerprint density at radius 2 is 1.12 bits per heavy atom. The number of rotatable bonds is 4. The van der Waals surface area contributed by atoms with E-state index < -0.39 is 10.8 Å². The Kier molecular flexibility index (Phi) is 7.42. The molecule has 1 N–H and O–H groups in total. The number of aromatic nitrogens is 9. The lowest BCUT2D eigenvalue weighted by Gasteiger charge is -2.18. The molecule has 2 aliphatic rings. The summed E-state index contributed by atoms with van der Waals surface area (Å²) in [6, 6.07) is 12.0. The summed E-state index contributed by atoms with van der Waals surface area (Å²) in [7, 11) is 1.78. The molecule has 0 fully saturated rings. The summed E-state index contributed by atoms with van der Waals surface area (Å²) in [6.45, 7) is 11.4. The highest BCUT2D eigenvalue weighted by Crippen LogP contribution is 2.47. The third-order valence-corrected chi connectivity index (χ3v) is 9.06. The fourth-order valence-electron chi connectivity index (χ4n) is 6.19. The van der Waals surface area contributed by atoms with Crippen LogP contribution in [0.15, 0.2) is 79.9 Å². The van der Waals surface area contributed by atoms with E-state index in [1.807, 2.05) is 77.9 Å². The van der Waals surface area contributed by atoms with E-state index in [-0.39, 0.29) is 11.8 Å². The van der Waals surface area contributed by atoms with E-state index >= 15 is 0 Å². The van der Waals surface area contributed by atoms with Crippen LogP contribution < -0.4 is 9.80 Å². The van der Waals surface area contributed by atoms with Gasteiger partial charge in [-0.3, -0.25) is 24.3 Å². The smallest absolute Gasteiger partial charge is 0.256 e. The second-order valence-corrected chi connectivity index (χ2v) is 13.2. The summed E-state index contributed by atoms with van der Waals surface area (Å²) in [5, 5.41) is 11.1. The zero-order valence-corrected chi connectivity index (χ0v) is 28.3. The molecule has 6 heterocycles. The first kappa shape index (κ1) is 31.5. The molecule has 2 aromatic carbocycles. The number of aryl methyl sites for hydroxylation is 3. The topological polar surface area (TPSA) is 152 Å². The van der Waals surface area contributed by atoms with E-state index in [0.717, 1.165) is 62.1 Å². The first-order valence-corrected chi connectivity index (χ1v) is 15.8. The van der Waals surface area contributed by atoms with Crippen molar-refractivity contribution in [3.8, 4) is 22.3 Å². The number of aromatic amines is 1. The number of hydrogen-bond donors (Lipinski definition) is 1. The molecule has 246 valence electrons. The number of nitrogens with zero attached hydrogens (tertiary/aromatic N) is 10. The van der Waals surface area contributed by atoms with Crippen LogP contribution in [0.1, 0.15) is 50.5 Å². The first-order chi connectivity index (χ1) is 23.4. The van der Waals surface area contributed by atoms with Crippen LogP contribution in [0.5, 0.6) is 0 Å². The quantitative estimate of drug-likeness (QED) is 0.254. The maximum absolute atomic E-state index is 13.0. The predicted molar refractivity (Wildman–Crippen MR) is 184 cm³/mol. The van der Waals surface area contributed by atoms with Crippen molar-refractivity contribution in [3.05, 3.63) is 103 Å². The number of amides is 2. The van der Waals surface area contributed by atoms with Crippen molar-refractivity contribution < 1.29 is 9.59 Å². The van der Waals surface area contributed by atoms with E-state index in [0.29, 0.717) is 5.95 Å². The molecular formula is C36H35N11O2. The third kappa shape index (κ3) is 5.32. The van der Waals surface area contributed by atoms with Crippen molar-refractivity contribution in [2.24, 2.45) is 7.05 Å². The summed E-state index contributed by atoms with van der Waals surface area (Å²) < 4.78 is 1.59. The molecule has 0 radical (unpaired) electrons. The summed E-state index contributed by atoms with van der Waals surface area (Å²) in [6.07, 6.45) is 12.1. The third-order valence-electron chi connectivity index (χ3n) is 9.06. The summed E-state index contributed by atoms with van der Waals surface area (Å²) in [5.41, 5.74) is 6.94. The van der Waals surface area contributed by atoms with Gasteiger partial charge in [0.2, 0.25) is 11.8 Å². The number of carbonyl (C=O) groups excluding carboxylic acids is 2. The Hall–Kier alpha value is -6.11. The number of carbonyl (C=O) groups is 2. The lowest BCUT2D eigenvalue weighted by molar-refractivity contribution is -0.122. The molecule has 13 heteroatoms. The van der Waals surface area contributed by atoms with Crippen molar-refractivity contribution in [1.82, 2.24) is 44.9 Å². The molecule has 4 aromatic heterocycles. The van der Waals surface area contributed by atoms with E-state index in [1.165, 1.54) is 0 Å². The Bertz CT molecular complexity index is 2200. The Morgan fingerprint density at radius 3 is 1.57 bits per heavy atom. The van der Waals surface area contributed by atoms with Gasteiger partial charge < -0.3 is 0 Å².